The van der Waals surface area contributed by atoms with Crippen LogP contribution in [-0.4, -0.2) is 31.3 Å². The number of nitrogens with zero attached hydrogens (tertiary/aromatic N) is 4. The van der Waals surface area contributed by atoms with Crippen molar-refractivity contribution in [2.75, 3.05) is 0 Å². The second-order valence-electron chi connectivity index (χ2n) is 7.55. The third-order valence-corrected chi connectivity index (χ3v) is 5.55. The zero-order valence-corrected chi connectivity index (χ0v) is 16.7. The van der Waals surface area contributed by atoms with E-state index in [-0.39, 0.29) is 34.7 Å². The fraction of sp³-hybridized carbons (Fsp3) is 0.318. The van der Waals surface area contributed by atoms with Gasteiger partial charge in [-0.1, -0.05) is 0 Å². The first-order valence-electron chi connectivity index (χ1n) is 9.99. The highest BCUT2D eigenvalue weighted by Crippen LogP contribution is 2.27. The number of carbonyl (C=O) groups excluding carboxylic acids is 1. The molecule has 1 N–H and O–H groups in total. The number of hydrogen-bond donors (Lipinski definition) is 1. The first-order valence-corrected chi connectivity index (χ1v) is 9.99. The lowest BCUT2D eigenvalue weighted by Crippen LogP contribution is -2.41. The molecule has 3 aromatic heterocycles. The van der Waals surface area contributed by atoms with Crippen LogP contribution in [0.1, 0.15) is 42.1 Å². The lowest BCUT2D eigenvalue weighted by Gasteiger charge is -2.29. The van der Waals surface area contributed by atoms with E-state index in [1.807, 2.05) is 12.1 Å². The molecule has 1 aliphatic carbocycles. The van der Waals surface area contributed by atoms with Gasteiger partial charge in [-0.2, -0.15) is 5.10 Å². The zero-order valence-electron chi connectivity index (χ0n) is 16.7. The van der Waals surface area contributed by atoms with E-state index in [0.717, 1.165) is 36.9 Å². The molecular formula is C22H23N5O3. The molecule has 8 nitrogen and oxygen atoms in total. The van der Waals surface area contributed by atoms with Gasteiger partial charge in [0.25, 0.3) is 17.0 Å². The summed E-state index contributed by atoms with van der Waals surface area (Å²) in [4.78, 5) is 41.0. The van der Waals surface area contributed by atoms with Crippen LogP contribution < -0.4 is 16.4 Å². The molecule has 1 aliphatic rings. The maximum absolute atomic E-state index is 12.5. The number of carbonyl (C=O) groups is 1. The van der Waals surface area contributed by atoms with Crippen molar-refractivity contribution in [2.24, 2.45) is 7.05 Å². The molecule has 30 heavy (non-hydrogen) atoms. The first-order chi connectivity index (χ1) is 14.5. The Morgan fingerprint density at radius 3 is 2.50 bits per heavy atom. The second kappa shape index (κ2) is 8.44. The number of amides is 1. The molecule has 0 aromatic carbocycles. The van der Waals surface area contributed by atoms with Crippen LogP contribution in [0.15, 0.2) is 64.6 Å². The Labute approximate surface area is 173 Å². The van der Waals surface area contributed by atoms with E-state index in [1.165, 1.54) is 10.6 Å². The predicted octanol–water partition coefficient (Wildman–Crippen LogP) is 1.92. The van der Waals surface area contributed by atoms with Gasteiger partial charge in [0.2, 0.25) is 0 Å². The summed E-state index contributed by atoms with van der Waals surface area (Å²) in [5.74, 6) is -0.352. The van der Waals surface area contributed by atoms with E-state index in [2.05, 4.69) is 15.4 Å². The van der Waals surface area contributed by atoms with E-state index in [9.17, 15) is 14.4 Å². The van der Waals surface area contributed by atoms with Crippen LogP contribution >= 0.6 is 0 Å². The predicted molar refractivity (Wildman–Crippen MR) is 112 cm³/mol. The van der Waals surface area contributed by atoms with E-state index < -0.39 is 0 Å². The van der Waals surface area contributed by atoms with E-state index in [4.69, 9.17) is 0 Å². The summed E-state index contributed by atoms with van der Waals surface area (Å²) < 4.78 is 2.94. The summed E-state index contributed by atoms with van der Waals surface area (Å²) in [6, 6.07) is 10.2. The molecule has 0 radical (unpaired) electrons. The van der Waals surface area contributed by atoms with Gasteiger partial charge in [-0.25, -0.2) is 4.68 Å². The molecule has 1 fully saturated rings. The Kier molecular flexibility index (Phi) is 5.56. The van der Waals surface area contributed by atoms with Crippen molar-refractivity contribution in [3.63, 3.8) is 0 Å². The molecule has 0 spiro atoms. The number of nitrogens with one attached hydrogen (secondary N) is 1. The number of rotatable bonds is 4. The fourth-order valence-electron chi connectivity index (χ4n) is 3.86. The van der Waals surface area contributed by atoms with Crippen molar-refractivity contribution in [3.8, 4) is 11.3 Å². The molecule has 3 aromatic rings. The minimum absolute atomic E-state index is 0.0166. The largest absolute Gasteiger partial charge is 0.349 e. The summed E-state index contributed by atoms with van der Waals surface area (Å²) in [5, 5.41) is 7.53. The van der Waals surface area contributed by atoms with Gasteiger partial charge in [-0.3, -0.25) is 19.4 Å². The van der Waals surface area contributed by atoms with Gasteiger partial charge in [0, 0.05) is 43.3 Å². The van der Waals surface area contributed by atoms with Crippen molar-refractivity contribution in [2.45, 2.75) is 37.8 Å². The third-order valence-electron chi connectivity index (χ3n) is 5.55. The minimum Gasteiger partial charge on any atom is -0.349 e. The van der Waals surface area contributed by atoms with Crippen LogP contribution in [0.3, 0.4) is 0 Å². The second-order valence-corrected chi connectivity index (χ2v) is 7.55. The van der Waals surface area contributed by atoms with Gasteiger partial charge < -0.3 is 9.88 Å². The van der Waals surface area contributed by atoms with Gasteiger partial charge >= 0.3 is 0 Å². The van der Waals surface area contributed by atoms with Gasteiger partial charge in [0.05, 0.1) is 11.7 Å². The Balaban J connectivity index is 1.44. The molecule has 0 atom stereocenters. The number of pyridine rings is 2. The molecule has 1 saturated carbocycles. The molecule has 0 bridgehead atoms. The zero-order chi connectivity index (χ0) is 21.1. The van der Waals surface area contributed by atoms with Crippen molar-refractivity contribution in [1.82, 2.24) is 24.6 Å². The quantitative estimate of drug-likeness (QED) is 0.715. The third kappa shape index (κ3) is 4.07. The number of aromatic nitrogens is 4. The summed E-state index contributed by atoms with van der Waals surface area (Å²) in [6.45, 7) is 0. The molecule has 0 unspecified atom stereocenters. The molecule has 154 valence electrons. The first kappa shape index (κ1) is 19.8. The Hall–Kier alpha value is -3.55. The molecule has 3 heterocycles. The average Bonchev–Trinajstić information content (AvgIpc) is 2.77. The molecule has 1 amide bonds. The molecule has 0 aliphatic heterocycles. The van der Waals surface area contributed by atoms with Gasteiger partial charge in [-0.15, -0.1) is 0 Å². The van der Waals surface area contributed by atoms with Crippen LogP contribution in [0.4, 0.5) is 0 Å². The number of hydrogen-bond acceptors (Lipinski definition) is 5. The van der Waals surface area contributed by atoms with Crippen molar-refractivity contribution < 1.29 is 4.79 Å². The van der Waals surface area contributed by atoms with Gasteiger partial charge in [0.15, 0.2) is 0 Å². The summed E-state index contributed by atoms with van der Waals surface area (Å²) in [5.41, 5.74) is 1.34. The van der Waals surface area contributed by atoms with Gasteiger partial charge in [0.1, 0.15) is 5.56 Å². The van der Waals surface area contributed by atoms with Crippen LogP contribution in [0.5, 0.6) is 0 Å². The van der Waals surface area contributed by atoms with Gasteiger partial charge in [-0.05, 0) is 56.0 Å². The Morgan fingerprint density at radius 2 is 1.77 bits per heavy atom. The topological polar surface area (TPSA) is 98.9 Å². The summed E-state index contributed by atoms with van der Waals surface area (Å²) >= 11 is 0. The average molecular weight is 405 g/mol. The Morgan fingerprint density at radius 1 is 1.03 bits per heavy atom. The van der Waals surface area contributed by atoms with Crippen LogP contribution in [0, 0.1) is 0 Å². The van der Waals surface area contributed by atoms with E-state index >= 15 is 0 Å². The van der Waals surface area contributed by atoms with E-state index in [0.29, 0.717) is 0 Å². The van der Waals surface area contributed by atoms with Crippen molar-refractivity contribution in [1.29, 1.82) is 0 Å². The molecule has 4 rings (SSSR count). The van der Waals surface area contributed by atoms with Crippen molar-refractivity contribution in [3.05, 3.63) is 81.3 Å². The highest BCUT2D eigenvalue weighted by molar-refractivity contribution is 5.93. The smallest absolute Gasteiger partial charge is 0.267 e. The summed E-state index contributed by atoms with van der Waals surface area (Å²) in [6.07, 6.45) is 7.90. The molecule has 8 heteroatoms. The van der Waals surface area contributed by atoms with Crippen molar-refractivity contribution >= 4 is 5.91 Å². The highest BCUT2D eigenvalue weighted by Gasteiger charge is 2.26. The standard InChI is InChI=1S/C22H23N5O3/c1-26-14-2-3-18(22(26)30)21(29)24-16-4-6-17(7-5-16)27-20(28)9-8-19(25-27)15-10-12-23-13-11-15/h2-3,8-14,16-17H,4-7H2,1H3,(H,24,29). The normalized spacial score (nSPS) is 18.7. The fourth-order valence-corrected chi connectivity index (χ4v) is 3.86. The maximum Gasteiger partial charge on any atom is 0.267 e. The Bertz CT molecular complexity index is 1160. The van der Waals surface area contributed by atoms with Crippen LogP contribution in [0.25, 0.3) is 11.3 Å². The highest BCUT2D eigenvalue weighted by atomic mass is 16.2. The lowest BCUT2D eigenvalue weighted by molar-refractivity contribution is 0.0919. The molecular weight excluding hydrogens is 382 g/mol. The molecule has 0 saturated heterocycles. The van der Waals surface area contributed by atoms with Crippen LogP contribution in [0.2, 0.25) is 0 Å². The minimum atomic E-state index is -0.352. The number of aryl methyl sites for hydroxylation is 1. The van der Waals surface area contributed by atoms with Crippen LogP contribution in [-0.2, 0) is 7.05 Å². The summed E-state index contributed by atoms with van der Waals surface area (Å²) in [7, 11) is 1.62. The SMILES string of the molecule is Cn1cccc(C(=O)NC2CCC(n3nc(-c4ccncc4)ccc3=O)CC2)c1=O. The maximum atomic E-state index is 12.5. The lowest BCUT2D eigenvalue weighted by atomic mass is 9.91. The monoisotopic (exact) mass is 405 g/mol. The van der Waals surface area contributed by atoms with E-state index in [1.54, 1.807) is 48.5 Å².